The molecule has 0 atom stereocenters. The number of hydrogen-bond acceptors (Lipinski definition) is 7. The molecule has 0 bridgehead atoms. The molecule has 1 aromatic carbocycles. The van der Waals surface area contributed by atoms with Crippen molar-refractivity contribution < 1.29 is 18.8 Å². The van der Waals surface area contributed by atoms with Gasteiger partial charge in [-0.25, -0.2) is 9.59 Å². The SMILES string of the molecule is CCCCOC(=O)c1ccc(NC(=O)N2CCC(c3nc(-c4ccccn4)no3)CC2)cc1. The molecule has 0 unspecified atom stereocenters. The van der Waals surface area contributed by atoms with Crippen LogP contribution in [0.2, 0.25) is 0 Å². The second-order valence-corrected chi connectivity index (χ2v) is 7.93. The molecule has 33 heavy (non-hydrogen) atoms. The number of rotatable bonds is 7. The molecule has 2 aromatic heterocycles. The zero-order chi connectivity index (χ0) is 23.0. The van der Waals surface area contributed by atoms with Gasteiger partial charge in [0.2, 0.25) is 11.7 Å². The number of likely N-dealkylation sites (tertiary alicyclic amines) is 1. The third-order valence-corrected chi connectivity index (χ3v) is 5.57. The van der Waals surface area contributed by atoms with E-state index in [0.29, 0.717) is 48.4 Å². The molecule has 0 spiro atoms. The number of aromatic nitrogens is 3. The highest BCUT2D eigenvalue weighted by atomic mass is 16.5. The average Bonchev–Trinajstić information content (AvgIpc) is 3.36. The number of nitrogens with zero attached hydrogens (tertiary/aromatic N) is 4. The van der Waals surface area contributed by atoms with Crippen LogP contribution in [0.4, 0.5) is 10.5 Å². The highest BCUT2D eigenvalue weighted by Crippen LogP contribution is 2.28. The van der Waals surface area contributed by atoms with Gasteiger partial charge in [-0.05, 0) is 55.7 Å². The molecule has 1 saturated heterocycles. The summed E-state index contributed by atoms with van der Waals surface area (Å²) >= 11 is 0. The zero-order valence-electron chi connectivity index (χ0n) is 18.6. The lowest BCUT2D eigenvalue weighted by molar-refractivity contribution is 0.0499. The molecule has 0 aliphatic carbocycles. The van der Waals surface area contributed by atoms with Crippen LogP contribution in [0.1, 0.15) is 54.8 Å². The maximum atomic E-state index is 12.7. The molecule has 9 heteroatoms. The lowest BCUT2D eigenvalue weighted by Gasteiger charge is -2.30. The Bertz CT molecular complexity index is 1060. The Labute approximate surface area is 192 Å². The molecule has 3 heterocycles. The van der Waals surface area contributed by atoms with Crippen molar-refractivity contribution in [2.24, 2.45) is 0 Å². The van der Waals surface area contributed by atoms with Crippen LogP contribution >= 0.6 is 0 Å². The maximum absolute atomic E-state index is 12.7. The first-order valence-electron chi connectivity index (χ1n) is 11.2. The molecule has 0 radical (unpaired) electrons. The van der Waals surface area contributed by atoms with Gasteiger partial charge >= 0.3 is 12.0 Å². The number of urea groups is 1. The van der Waals surface area contributed by atoms with Crippen molar-refractivity contribution in [3.8, 4) is 11.5 Å². The minimum absolute atomic E-state index is 0.108. The number of piperidine rings is 1. The molecule has 4 rings (SSSR count). The number of carbonyl (C=O) groups excluding carboxylic acids is 2. The second kappa shape index (κ2) is 10.7. The Kier molecular flexibility index (Phi) is 7.29. The first kappa shape index (κ1) is 22.4. The minimum atomic E-state index is -0.351. The van der Waals surface area contributed by atoms with Crippen LogP contribution in [-0.2, 0) is 4.74 Å². The zero-order valence-corrected chi connectivity index (χ0v) is 18.6. The van der Waals surface area contributed by atoms with Gasteiger partial charge in [0, 0.05) is 30.9 Å². The summed E-state index contributed by atoms with van der Waals surface area (Å²) in [6.07, 6.45) is 4.97. The summed E-state index contributed by atoms with van der Waals surface area (Å²) in [5, 5.41) is 6.92. The summed E-state index contributed by atoms with van der Waals surface area (Å²) in [7, 11) is 0. The quantitative estimate of drug-likeness (QED) is 0.418. The van der Waals surface area contributed by atoms with Crippen molar-refractivity contribution in [2.45, 2.75) is 38.5 Å². The molecule has 172 valence electrons. The van der Waals surface area contributed by atoms with E-state index < -0.39 is 0 Å². The average molecular weight is 450 g/mol. The van der Waals surface area contributed by atoms with E-state index in [-0.39, 0.29) is 17.9 Å². The summed E-state index contributed by atoms with van der Waals surface area (Å²) in [6.45, 7) is 3.62. The third kappa shape index (κ3) is 5.74. The van der Waals surface area contributed by atoms with Crippen molar-refractivity contribution in [3.63, 3.8) is 0 Å². The van der Waals surface area contributed by atoms with Crippen molar-refractivity contribution >= 4 is 17.7 Å². The van der Waals surface area contributed by atoms with Crippen LogP contribution < -0.4 is 5.32 Å². The van der Waals surface area contributed by atoms with Gasteiger partial charge in [0.1, 0.15) is 5.69 Å². The number of nitrogens with one attached hydrogen (secondary N) is 1. The van der Waals surface area contributed by atoms with Crippen molar-refractivity contribution in [1.82, 2.24) is 20.0 Å². The summed E-state index contributed by atoms with van der Waals surface area (Å²) in [5.74, 6) is 0.813. The Hall–Kier alpha value is -3.75. The summed E-state index contributed by atoms with van der Waals surface area (Å²) < 4.78 is 10.7. The van der Waals surface area contributed by atoms with Crippen molar-refractivity contribution in [2.75, 3.05) is 25.0 Å². The summed E-state index contributed by atoms with van der Waals surface area (Å²) in [4.78, 5) is 35.1. The van der Waals surface area contributed by atoms with Crippen molar-refractivity contribution in [3.05, 3.63) is 60.1 Å². The molecule has 0 saturated carbocycles. The van der Waals surface area contributed by atoms with Crippen molar-refractivity contribution in [1.29, 1.82) is 0 Å². The fourth-order valence-corrected chi connectivity index (χ4v) is 3.61. The predicted octanol–water partition coefficient (Wildman–Crippen LogP) is 4.50. The molecule has 2 amide bonds. The lowest BCUT2D eigenvalue weighted by atomic mass is 9.97. The van der Waals surface area contributed by atoms with Gasteiger partial charge in [0.05, 0.1) is 12.2 Å². The van der Waals surface area contributed by atoms with E-state index >= 15 is 0 Å². The Morgan fingerprint density at radius 1 is 1.15 bits per heavy atom. The Morgan fingerprint density at radius 2 is 1.94 bits per heavy atom. The molecule has 3 aromatic rings. The molecule has 1 aliphatic rings. The van der Waals surface area contributed by atoms with Gasteiger partial charge in [-0.15, -0.1) is 0 Å². The fourth-order valence-electron chi connectivity index (χ4n) is 3.61. The topological polar surface area (TPSA) is 110 Å². The Morgan fingerprint density at radius 3 is 2.64 bits per heavy atom. The van der Waals surface area contributed by atoms with Crippen LogP contribution in [-0.4, -0.2) is 51.7 Å². The molecule has 1 fully saturated rings. The number of benzene rings is 1. The van der Waals surface area contributed by atoms with Gasteiger partial charge in [-0.2, -0.15) is 4.98 Å². The smallest absolute Gasteiger partial charge is 0.338 e. The number of ether oxygens (including phenoxy) is 1. The van der Waals surface area contributed by atoms with Crippen LogP contribution in [0.15, 0.2) is 53.2 Å². The standard InChI is InChI=1S/C24H27N5O4/c1-2-3-16-32-23(30)18-7-9-19(10-8-18)26-24(31)29-14-11-17(12-15-29)22-27-21(28-33-22)20-6-4-5-13-25-20/h4-10,13,17H,2-3,11-12,14-16H2,1H3,(H,26,31). The first-order chi connectivity index (χ1) is 16.1. The summed E-state index contributed by atoms with van der Waals surface area (Å²) in [5.41, 5.74) is 1.77. The predicted molar refractivity (Wildman–Crippen MR) is 122 cm³/mol. The monoisotopic (exact) mass is 449 g/mol. The number of esters is 1. The third-order valence-electron chi connectivity index (χ3n) is 5.57. The summed E-state index contributed by atoms with van der Waals surface area (Å²) in [6, 6.07) is 12.1. The van der Waals surface area contributed by atoms with Crippen LogP contribution in [0.25, 0.3) is 11.5 Å². The van der Waals surface area contributed by atoms with Crippen LogP contribution in [0.3, 0.4) is 0 Å². The van der Waals surface area contributed by atoms with E-state index in [0.717, 1.165) is 25.7 Å². The highest BCUT2D eigenvalue weighted by molar-refractivity contribution is 5.92. The maximum Gasteiger partial charge on any atom is 0.338 e. The number of amides is 2. The first-order valence-corrected chi connectivity index (χ1v) is 11.2. The van der Waals surface area contributed by atoms with Crippen LogP contribution in [0.5, 0.6) is 0 Å². The van der Waals surface area contributed by atoms with Gasteiger partial charge in [0.25, 0.3) is 0 Å². The molecule has 1 N–H and O–H groups in total. The van der Waals surface area contributed by atoms with E-state index in [4.69, 9.17) is 9.26 Å². The number of anilines is 1. The number of carbonyl (C=O) groups is 2. The van der Waals surface area contributed by atoms with Gasteiger partial charge in [0.15, 0.2) is 0 Å². The number of unbranched alkanes of at least 4 members (excludes halogenated alkanes) is 1. The highest BCUT2D eigenvalue weighted by Gasteiger charge is 2.28. The van der Waals surface area contributed by atoms with Crippen LogP contribution in [0, 0.1) is 0 Å². The fraction of sp³-hybridized carbons (Fsp3) is 0.375. The molecular formula is C24H27N5O4. The van der Waals surface area contributed by atoms with Gasteiger partial charge in [-0.3, -0.25) is 4.98 Å². The molecular weight excluding hydrogens is 422 g/mol. The molecule has 9 nitrogen and oxygen atoms in total. The van der Waals surface area contributed by atoms with E-state index in [9.17, 15) is 9.59 Å². The largest absolute Gasteiger partial charge is 0.462 e. The van der Waals surface area contributed by atoms with E-state index in [1.165, 1.54) is 0 Å². The van der Waals surface area contributed by atoms with E-state index in [2.05, 4.69) is 20.4 Å². The van der Waals surface area contributed by atoms with E-state index in [1.807, 2.05) is 25.1 Å². The Balaban J connectivity index is 1.27. The normalized spacial score (nSPS) is 14.2. The molecule has 1 aliphatic heterocycles. The minimum Gasteiger partial charge on any atom is -0.462 e. The number of pyridine rings is 1. The van der Waals surface area contributed by atoms with Gasteiger partial charge in [-0.1, -0.05) is 24.6 Å². The lowest BCUT2D eigenvalue weighted by Crippen LogP contribution is -2.40. The second-order valence-electron chi connectivity index (χ2n) is 7.93. The number of hydrogen-bond donors (Lipinski definition) is 1. The van der Waals surface area contributed by atoms with E-state index in [1.54, 1.807) is 35.4 Å². The van der Waals surface area contributed by atoms with Gasteiger partial charge < -0.3 is 19.5 Å².